The molecule has 2 aromatic rings. The van der Waals surface area contributed by atoms with Crippen LogP contribution in [0.2, 0.25) is 0 Å². The predicted octanol–water partition coefficient (Wildman–Crippen LogP) is 3.95. The van der Waals surface area contributed by atoms with Crippen LogP contribution in [-0.4, -0.2) is 17.6 Å². The third kappa shape index (κ3) is 3.18. The summed E-state index contributed by atoms with van der Waals surface area (Å²) in [6, 6.07) is 6.38. The van der Waals surface area contributed by atoms with Crippen molar-refractivity contribution >= 4 is 11.4 Å². The third-order valence-electron chi connectivity index (χ3n) is 3.87. The minimum atomic E-state index is -0.983. The van der Waals surface area contributed by atoms with Crippen LogP contribution >= 0.6 is 0 Å². The van der Waals surface area contributed by atoms with Gasteiger partial charge in [0, 0.05) is 12.7 Å². The molecule has 0 spiro atoms. The Morgan fingerprint density at radius 1 is 1.08 bits per heavy atom. The number of halogens is 3. The number of benzene rings is 2. The Labute approximate surface area is 135 Å². The highest BCUT2D eigenvalue weighted by Gasteiger charge is 2.31. The summed E-state index contributed by atoms with van der Waals surface area (Å²) >= 11 is 0. The topological polar surface area (TPSA) is 64.4 Å². The number of rotatable bonds is 4. The predicted molar refractivity (Wildman–Crippen MR) is 80.1 cm³/mol. The van der Waals surface area contributed by atoms with E-state index in [1.165, 1.54) is 18.2 Å². The molecule has 3 rings (SSSR count). The smallest absolute Gasteiger partial charge is 0.272 e. The fraction of sp³-hybridized carbons (Fsp3) is 0.250. The molecule has 2 unspecified atom stereocenters. The Hall–Kier alpha value is -2.61. The first-order valence-corrected chi connectivity index (χ1v) is 7.23. The summed E-state index contributed by atoms with van der Waals surface area (Å²) in [6.45, 7) is 0.371. The summed E-state index contributed by atoms with van der Waals surface area (Å²) in [7, 11) is 0. The highest BCUT2D eigenvalue weighted by molar-refractivity contribution is 5.51. The molecule has 1 saturated heterocycles. The molecule has 1 N–H and O–H groups in total. The van der Waals surface area contributed by atoms with Gasteiger partial charge in [-0.15, -0.1) is 0 Å². The molecule has 8 heteroatoms. The average Bonchev–Trinajstić information content (AvgIpc) is 3.00. The molecule has 2 atom stereocenters. The number of hydrogen-bond acceptors (Lipinski definition) is 4. The third-order valence-corrected chi connectivity index (χ3v) is 3.87. The van der Waals surface area contributed by atoms with E-state index in [0.717, 1.165) is 18.2 Å². The Morgan fingerprint density at radius 3 is 2.54 bits per heavy atom. The van der Waals surface area contributed by atoms with Gasteiger partial charge in [-0.05, 0) is 30.2 Å². The van der Waals surface area contributed by atoms with Crippen molar-refractivity contribution in [1.82, 2.24) is 0 Å². The van der Waals surface area contributed by atoms with Crippen molar-refractivity contribution < 1.29 is 22.8 Å². The van der Waals surface area contributed by atoms with Gasteiger partial charge in [0.1, 0.15) is 6.10 Å². The van der Waals surface area contributed by atoms with Gasteiger partial charge in [0.05, 0.1) is 22.7 Å². The van der Waals surface area contributed by atoms with E-state index in [0.29, 0.717) is 18.6 Å². The van der Waals surface area contributed by atoms with Crippen LogP contribution in [0, 0.1) is 27.6 Å². The van der Waals surface area contributed by atoms with Crippen LogP contribution in [0.3, 0.4) is 0 Å². The molecule has 126 valence electrons. The van der Waals surface area contributed by atoms with Crippen LogP contribution in [0.5, 0.6) is 0 Å². The van der Waals surface area contributed by atoms with E-state index in [1.54, 1.807) is 0 Å². The Morgan fingerprint density at radius 2 is 1.88 bits per heavy atom. The molecule has 0 radical (unpaired) electrons. The van der Waals surface area contributed by atoms with Crippen LogP contribution in [0.15, 0.2) is 36.4 Å². The van der Waals surface area contributed by atoms with E-state index in [-0.39, 0.29) is 17.4 Å². The number of nitro groups is 1. The van der Waals surface area contributed by atoms with Crippen molar-refractivity contribution in [2.24, 2.45) is 0 Å². The minimum absolute atomic E-state index is 0.0867. The zero-order valence-corrected chi connectivity index (χ0v) is 12.3. The van der Waals surface area contributed by atoms with Gasteiger partial charge >= 0.3 is 0 Å². The maximum Gasteiger partial charge on any atom is 0.272 e. The van der Waals surface area contributed by atoms with Crippen LogP contribution in [0.25, 0.3) is 0 Å². The van der Waals surface area contributed by atoms with Crippen molar-refractivity contribution in [2.45, 2.75) is 18.6 Å². The van der Waals surface area contributed by atoms with E-state index in [1.807, 2.05) is 0 Å². The molecule has 0 aliphatic carbocycles. The fourth-order valence-electron chi connectivity index (χ4n) is 2.69. The molecular formula is C16H13F3N2O3. The van der Waals surface area contributed by atoms with E-state index in [2.05, 4.69) is 5.32 Å². The Kier molecular flexibility index (Phi) is 4.39. The van der Waals surface area contributed by atoms with E-state index >= 15 is 0 Å². The Balaban J connectivity index is 1.81. The number of nitrogens with zero attached hydrogens (tertiary/aromatic N) is 1. The molecule has 24 heavy (non-hydrogen) atoms. The maximum atomic E-state index is 14.0. The quantitative estimate of drug-likeness (QED) is 0.677. The molecule has 0 saturated carbocycles. The monoisotopic (exact) mass is 338 g/mol. The van der Waals surface area contributed by atoms with Crippen molar-refractivity contribution in [3.8, 4) is 0 Å². The fourth-order valence-corrected chi connectivity index (χ4v) is 2.69. The standard InChI is InChI=1S/C16H13F3N2O3/c17-11-3-1-9(7-12(11)18)16-15(5-6-24-16)20-14-4-2-10(21(22)23)8-13(14)19/h1-4,7-8,15-16,20H,5-6H2. The second-order valence-electron chi connectivity index (χ2n) is 5.43. The lowest BCUT2D eigenvalue weighted by Crippen LogP contribution is -2.24. The highest BCUT2D eigenvalue weighted by atomic mass is 19.2. The molecule has 2 aromatic carbocycles. The first-order chi connectivity index (χ1) is 11.5. The molecule has 0 bridgehead atoms. The lowest BCUT2D eigenvalue weighted by molar-refractivity contribution is -0.385. The summed E-state index contributed by atoms with van der Waals surface area (Å²) in [5.41, 5.74) is 0.174. The maximum absolute atomic E-state index is 14.0. The second kappa shape index (κ2) is 6.48. The molecule has 0 aromatic heterocycles. The molecule has 1 aliphatic heterocycles. The first kappa shape index (κ1) is 16.3. The van der Waals surface area contributed by atoms with Crippen molar-refractivity contribution in [2.75, 3.05) is 11.9 Å². The SMILES string of the molecule is O=[N+]([O-])c1ccc(NC2CCOC2c2ccc(F)c(F)c2)c(F)c1. The van der Waals surface area contributed by atoms with Gasteiger partial charge in [-0.2, -0.15) is 0 Å². The zero-order valence-electron chi connectivity index (χ0n) is 12.3. The highest BCUT2D eigenvalue weighted by Crippen LogP contribution is 2.33. The number of anilines is 1. The normalized spacial score (nSPS) is 20.1. The summed E-state index contributed by atoms with van der Waals surface area (Å²) in [4.78, 5) is 9.95. The summed E-state index contributed by atoms with van der Waals surface area (Å²) in [6.07, 6.45) is -0.0465. The summed E-state index contributed by atoms with van der Waals surface area (Å²) in [5.74, 6) is -2.70. The van der Waals surface area contributed by atoms with Crippen LogP contribution < -0.4 is 5.32 Å². The van der Waals surface area contributed by atoms with E-state index in [4.69, 9.17) is 4.74 Å². The first-order valence-electron chi connectivity index (χ1n) is 7.23. The molecule has 5 nitrogen and oxygen atoms in total. The Bertz CT molecular complexity index is 785. The molecule has 1 aliphatic rings. The number of non-ortho nitro benzene ring substituents is 1. The molecule has 1 heterocycles. The summed E-state index contributed by atoms with van der Waals surface area (Å²) < 4.78 is 46.0. The number of nitro benzene ring substituents is 1. The van der Waals surface area contributed by atoms with Crippen LogP contribution in [0.1, 0.15) is 18.1 Å². The van der Waals surface area contributed by atoms with Gasteiger partial charge in [-0.3, -0.25) is 10.1 Å². The number of ether oxygens (including phenoxy) is 1. The van der Waals surface area contributed by atoms with Crippen molar-refractivity contribution in [3.05, 3.63) is 69.5 Å². The van der Waals surface area contributed by atoms with Gasteiger partial charge in [-0.1, -0.05) is 6.07 Å². The lowest BCUT2D eigenvalue weighted by atomic mass is 10.0. The van der Waals surface area contributed by atoms with Gasteiger partial charge in [-0.25, -0.2) is 13.2 Å². The lowest BCUT2D eigenvalue weighted by Gasteiger charge is -2.21. The van der Waals surface area contributed by atoms with E-state index in [9.17, 15) is 23.3 Å². The van der Waals surface area contributed by atoms with Gasteiger partial charge in [0.25, 0.3) is 5.69 Å². The zero-order chi connectivity index (χ0) is 17.3. The van der Waals surface area contributed by atoms with Crippen molar-refractivity contribution in [3.63, 3.8) is 0 Å². The van der Waals surface area contributed by atoms with Crippen molar-refractivity contribution in [1.29, 1.82) is 0 Å². The minimum Gasteiger partial charge on any atom is -0.377 e. The van der Waals surface area contributed by atoms with Gasteiger partial charge < -0.3 is 10.1 Å². The number of nitrogens with one attached hydrogen (secondary N) is 1. The van der Waals surface area contributed by atoms with E-state index < -0.39 is 28.5 Å². The average molecular weight is 338 g/mol. The molecule has 1 fully saturated rings. The molecule has 0 amide bonds. The largest absolute Gasteiger partial charge is 0.377 e. The second-order valence-corrected chi connectivity index (χ2v) is 5.43. The summed E-state index contributed by atoms with van der Waals surface area (Å²) in [5, 5.41) is 13.6. The molecular weight excluding hydrogens is 325 g/mol. The number of hydrogen-bond donors (Lipinski definition) is 1. The van der Waals surface area contributed by atoms with Crippen LogP contribution in [0.4, 0.5) is 24.5 Å². The van der Waals surface area contributed by atoms with Gasteiger partial charge in [0.15, 0.2) is 17.5 Å². The van der Waals surface area contributed by atoms with Gasteiger partial charge in [0.2, 0.25) is 0 Å². The van der Waals surface area contributed by atoms with Crippen LogP contribution in [-0.2, 0) is 4.74 Å².